The van der Waals surface area contributed by atoms with E-state index in [0.29, 0.717) is 0 Å². The number of para-hydroxylation sites is 1. The summed E-state index contributed by atoms with van der Waals surface area (Å²) in [4.78, 5) is 14.4. The van der Waals surface area contributed by atoms with Crippen LogP contribution in [0.3, 0.4) is 0 Å². The Kier molecular flexibility index (Phi) is 3.90. The predicted octanol–water partition coefficient (Wildman–Crippen LogP) is 2.67. The quantitative estimate of drug-likeness (QED) is 0.889. The maximum Gasteiger partial charge on any atom is 0.245 e. The topological polar surface area (TPSA) is 32.3 Å². The summed E-state index contributed by atoms with van der Waals surface area (Å²) in [5.74, 6) is 0.224. The van der Waals surface area contributed by atoms with Gasteiger partial charge in [0, 0.05) is 18.3 Å². The van der Waals surface area contributed by atoms with Gasteiger partial charge in [-0.1, -0.05) is 18.2 Å². The van der Waals surface area contributed by atoms with E-state index in [0.717, 1.165) is 25.1 Å². The van der Waals surface area contributed by atoms with Crippen molar-refractivity contribution in [1.29, 1.82) is 0 Å². The fourth-order valence-corrected chi connectivity index (χ4v) is 2.60. The Morgan fingerprint density at radius 1 is 1.44 bits per heavy atom. The number of fused-ring (bicyclic) bond motifs is 1. The zero-order valence-corrected chi connectivity index (χ0v) is 11.4. The van der Waals surface area contributed by atoms with Gasteiger partial charge in [-0.3, -0.25) is 4.79 Å². The van der Waals surface area contributed by atoms with Crippen molar-refractivity contribution in [3.8, 4) is 0 Å². The second-order valence-electron chi connectivity index (χ2n) is 5.11. The van der Waals surface area contributed by atoms with E-state index in [-0.39, 0.29) is 18.0 Å². The number of benzene rings is 1. The van der Waals surface area contributed by atoms with E-state index in [4.69, 9.17) is 0 Å². The molecular formula is C15H22N2O. The molecule has 1 atom stereocenters. The van der Waals surface area contributed by atoms with Crippen LogP contribution in [0, 0.1) is 0 Å². The van der Waals surface area contributed by atoms with Crippen molar-refractivity contribution in [3.63, 3.8) is 0 Å². The number of nitrogens with one attached hydrogen (secondary N) is 1. The van der Waals surface area contributed by atoms with Crippen LogP contribution in [-0.2, 0) is 11.2 Å². The van der Waals surface area contributed by atoms with Gasteiger partial charge < -0.3 is 10.2 Å². The van der Waals surface area contributed by atoms with Gasteiger partial charge in [-0.15, -0.1) is 0 Å². The molecule has 0 aliphatic carbocycles. The highest BCUT2D eigenvalue weighted by atomic mass is 16.2. The number of hydrogen-bond donors (Lipinski definition) is 1. The summed E-state index contributed by atoms with van der Waals surface area (Å²) in [6.07, 6.45) is 1.87. The zero-order chi connectivity index (χ0) is 13.1. The van der Waals surface area contributed by atoms with Crippen molar-refractivity contribution >= 4 is 11.6 Å². The fraction of sp³-hybridized carbons (Fsp3) is 0.533. The highest BCUT2D eigenvalue weighted by molar-refractivity contribution is 5.86. The average Bonchev–Trinajstić information content (AvgIpc) is 2.38. The first-order valence-corrected chi connectivity index (χ1v) is 6.78. The second-order valence-corrected chi connectivity index (χ2v) is 5.11. The van der Waals surface area contributed by atoms with Crippen molar-refractivity contribution in [2.75, 3.05) is 11.9 Å². The number of rotatable bonds is 3. The maximum absolute atomic E-state index is 12.4. The molecule has 1 unspecified atom stereocenters. The lowest BCUT2D eigenvalue weighted by atomic mass is 9.97. The third-order valence-corrected chi connectivity index (χ3v) is 3.59. The van der Waals surface area contributed by atoms with Gasteiger partial charge in [0.1, 0.15) is 6.04 Å². The molecule has 3 heteroatoms. The Hall–Kier alpha value is -1.51. The number of carbonyl (C=O) groups is 1. The van der Waals surface area contributed by atoms with Gasteiger partial charge in [0.05, 0.1) is 0 Å². The lowest BCUT2D eigenvalue weighted by molar-refractivity contribution is -0.133. The van der Waals surface area contributed by atoms with Crippen molar-refractivity contribution in [3.05, 3.63) is 29.8 Å². The van der Waals surface area contributed by atoms with Crippen molar-refractivity contribution in [1.82, 2.24) is 4.90 Å². The van der Waals surface area contributed by atoms with Gasteiger partial charge in [0.25, 0.3) is 0 Å². The summed E-state index contributed by atoms with van der Waals surface area (Å²) in [7, 11) is 0. The second kappa shape index (κ2) is 5.42. The molecule has 0 fully saturated rings. The number of likely N-dealkylation sites (N-methyl/N-ethyl adjacent to an activating group) is 1. The largest absolute Gasteiger partial charge is 0.373 e. The number of hydrogen-bond acceptors (Lipinski definition) is 2. The van der Waals surface area contributed by atoms with Crippen LogP contribution in [0.5, 0.6) is 0 Å². The first-order valence-electron chi connectivity index (χ1n) is 6.78. The van der Waals surface area contributed by atoms with Gasteiger partial charge in [-0.2, -0.15) is 0 Å². The van der Waals surface area contributed by atoms with Crippen LogP contribution >= 0.6 is 0 Å². The lowest BCUT2D eigenvalue weighted by Gasteiger charge is -2.33. The SMILES string of the molecule is CCN(C(=O)C1CCc2ccccc2N1)C(C)C. The van der Waals surface area contributed by atoms with E-state index in [2.05, 4.69) is 37.4 Å². The van der Waals surface area contributed by atoms with E-state index in [1.165, 1.54) is 5.56 Å². The fourth-order valence-electron chi connectivity index (χ4n) is 2.60. The monoisotopic (exact) mass is 246 g/mol. The highest BCUT2D eigenvalue weighted by Gasteiger charge is 2.28. The van der Waals surface area contributed by atoms with Crippen molar-refractivity contribution in [2.24, 2.45) is 0 Å². The molecule has 0 bridgehead atoms. The molecule has 98 valence electrons. The number of aryl methyl sites for hydroxylation is 1. The molecule has 1 amide bonds. The molecule has 1 aliphatic rings. The van der Waals surface area contributed by atoms with E-state index >= 15 is 0 Å². The normalized spacial score (nSPS) is 18.1. The molecule has 1 aromatic rings. The summed E-state index contributed by atoms with van der Waals surface area (Å²) >= 11 is 0. The Morgan fingerprint density at radius 3 is 2.83 bits per heavy atom. The molecule has 0 saturated heterocycles. The van der Waals surface area contributed by atoms with Gasteiger partial charge in [0.2, 0.25) is 5.91 Å². The molecule has 0 saturated carbocycles. The van der Waals surface area contributed by atoms with E-state index < -0.39 is 0 Å². The van der Waals surface area contributed by atoms with Gasteiger partial charge in [0.15, 0.2) is 0 Å². The number of nitrogens with zero attached hydrogens (tertiary/aromatic N) is 1. The minimum Gasteiger partial charge on any atom is -0.373 e. The number of anilines is 1. The molecule has 18 heavy (non-hydrogen) atoms. The maximum atomic E-state index is 12.4. The smallest absolute Gasteiger partial charge is 0.245 e. The molecule has 1 aromatic carbocycles. The third kappa shape index (κ3) is 2.50. The first kappa shape index (κ1) is 12.9. The van der Waals surface area contributed by atoms with Crippen LogP contribution in [0.2, 0.25) is 0 Å². The molecule has 0 aromatic heterocycles. The van der Waals surface area contributed by atoms with Crippen LogP contribution < -0.4 is 5.32 Å². The van der Waals surface area contributed by atoms with Crippen LogP contribution in [0.4, 0.5) is 5.69 Å². The van der Waals surface area contributed by atoms with Gasteiger partial charge in [-0.25, -0.2) is 0 Å². The Labute approximate surface area is 109 Å². The summed E-state index contributed by atoms with van der Waals surface area (Å²) < 4.78 is 0. The lowest BCUT2D eigenvalue weighted by Crippen LogP contribution is -2.47. The van der Waals surface area contributed by atoms with Crippen LogP contribution in [0.25, 0.3) is 0 Å². The number of amides is 1. The molecule has 0 spiro atoms. The third-order valence-electron chi connectivity index (χ3n) is 3.59. The predicted molar refractivity (Wildman–Crippen MR) is 74.7 cm³/mol. The van der Waals surface area contributed by atoms with E-state index in [9.17, 15) is 4.79 Å². The van der Waals surface area contributed by atoms with Crippen molar-refractivity contribution < 1.29 is 4.79 Å². The molecule has 1 aliphatic heterocycles. The Balaban J connectivity index is 2.11. The minimum absolute atomic E-state index is 0.0674. The first-order chi connectivity index (χ1) is 8.63. The highest BCUT2D eigenvalue weighted by Crippen LogP contribution is 2.25. The van der Waals surface area contributed by atoms with Gasteiger partial charge in [-0.05, 0) is 45.2 Å². The average molecular weight is 246 g/mol. The van der Waals surface area contributed by atoms with Crippen LogP contribution in [-0.4, -0.2) is 29.4 Å². The summed E-state index contributed by atoms with van der Waals surface area (Å²) in [5, 5.41) is 3.38. The van der Waals surface area contributed by atoms with Gasteiger partial charge >= 0.3 is 0 Å². The standard InChI is InChI=1S/C15H22N2O/c1-4-17(11(2)3)15(18)14-10-9-12-7-5-6-8-13(12)16-14/h5-8,11,14,16H,4,9-10H2,1-3H3. The van der Waals surface area contributed by atoms with E-state index in [1.807, 2.05) is 17.9 Å². The minimum atomic E-state index is -0.0674. The van der Waals surface area contributed by atoms with Crippen LogP contribution in [0.15, 0.2) is 24.3 Å². The Morgan fingerprint density at radius 2 is 2.17 bits per heavy atom. The summed E-state index contributed by atoms with van der Waals surface area (Å²) in [5.41, 5.74) is 2.43. The van der Waals surface area contributed by atoms with E-state index in [1.54, 1.807) is 0 Å². The molecular weight excluding hydrogens is 224 g/mol. The Bertz CT molecular complexity index is 428. The van der Waals surface area contributed by atoms with Crippen LogP contribution in [0.1, 0.15) is 32.8 Å². The summed E-state index contributed by atoms with van der Waals surface area (Å²) in [6, 6.07) is 8.45. The number of carbonyl (C=O) groups excluding carboxylic acids is 1. The molecule has 0 radical (unpaired) electrons. The molecule has 1 heterocycles. The molecule has 1 N–H and O–H groups in total. The molecule has 2 rings (SSSR count). The summed E-state index contributed by atoms with van der Waals surface area (Å²) in [6.45, 7) is 6.95. The van der Waals surface area contributed by atoms with Crippen molar-refractivity contribution in [2.45, 2.75) is 45.7 Å². The zero-order valence-electron chi connectivity index (χ0n) is 11.4. The molecule has 3 nitrogen and oxygen atoms in total.